The second kappa shape index (κ2) is 7.61. The highest BCUT2D eigenvalue weighted by molar-refractivity contribution is 7.82. The normalized spacial score (nSPS) is 14.3. The molecule has 0 saturated carbocycles. The first-order valence-corrected chi connectivity index (χ1v) is 7.15. The molecule has 2 N–H and O–H groups in total. The summed E-state index contributed by atoms with van der Waals surface area (Å²) < 4.78 is 9.74. The van der Waals surface area contributed by atoms with E-state index in [9.17, 15) is 0 Å². The molecule has 1 aromatic heterocycles. The zero-order valence-electron chi connectivity index (χ0n) is 9.27. The standard InChI is InChI=1S/C7H9NS2.C2H7O3P/c9-7-3-5-4-8-2-1-6(5)10-7;1-4-6(3)5-2/h3,8-9H,1-2,4H2;3H,1-2H3. The maximum Gasteiger partial charge on any atom is 0.329 e. The number of rotatable bonds is 2. The summed E-state index contributed by atoms with van der Waals surface area (Å²) in [6, 6.07) is 2.16. The van der Waals surface area contributed by atoms with Gasteiger partial charge in [-0.25, -0.2) is 0 Å². The van der Waals surface area contributed by atoms with Crippen molar-refractivity contribution < 1.29 is 13.9 Å². The first-order valence-electron chi connectivity index (χ1n) is 4.76. The molecule has 0 aromatic carbocycles. The van der Waals surface area contributed by atoms with Gasteiger partial charge in [0.05, 0.1) is 4.21 Å². The van der Waals surface area contributed by atoms with Crippen molar-refractivity contribution in [2.75, 3.05) is 20.8 Å². The van der Waals surface area contributed by atoms with Crippen LogP contribution in [-0.4, -0.2) is 25.7 Å². The fraction of sp³-hybridized carbons (Fsp3) is 0.556. The van der Waals surface area contributed by atoms with Crippen molar-refractivity contribution in [3.05, 3.63) is 16.5 Å². The van der Waals surface area contributed by atoms with Crippen LogP contribution >= 0.6 is 32.6 Å². The predicted molar refractivity (Wildman–Crippen MR) is 70.1 cm³/mol. The van der Waals surface area contributed by atoms with Gasteiger partial charge in [-0.3, -0.25) is 0 Å². The number of thiol groups is 1. The van der Waals surface area contributed by atoms with E-state index in [1.165, 1.54) is 31.1 Å². The van der Waals surface area contributed by atoms with Crippen LogP contribution in [0.4, 0.5) is 0 Å². The fourth-order valence-corrected chi connectivity index (χ4v) is 2.87. The van der Waals surface area contributed by atoms with Crippen LogP contribution in [0.15, 0.2) is 10.3 Å². The van der Waals surface area contributed by atoms with Gasteiger partial charge in [-0.05, 0) is 18.1 Å². The molecule has 2 rings (SSSR count). The molecular formula is C9H16NO3PS2. The summed E-state index contributed by atoms with van der Waals surface area (Å²) in [5.74, 6) is 0. The molecule has 0 saturated heterocycles. The minimum atomic E-state index is -1.58. The lowest BCUT2D eigenvalue weighted by Gasteiger charge is -2.10. The summed E-state index contributed by atoms with van der Waals surface area (Å²) in [5.41, 5.74) is 1.45. The molecule has 0 fully saturated rings. The largest absolute Gasteiger partial charge is 0.329 e. The first-order chi connectivity index (χ1) is 7.67. The quantitative estimate of drug-likeness (QED) is 0.574. The average Bonchev–Trinajstić information content (AvgIpc) is 2.68. The van der Waals surface area contributed by atoms with Crippen LogP contribution in [0, 0.1) is 0 Å². The lowest BCUT2D eigenvalue weighted by atomic mass is 10.1. The van der Waals surface area contributed by atoms with E-state index in [0.29, 0.717) is 0 Å². The van der Waals surface area contributed by atoms with Gasteiger partial charge in [-0.2, -0.15) is 0 Å². The third kappa shape index (κ3) is 4.67. The fourth-order valence-electron chi connectivity index (χ4n) is 1.31. The highest BCUT2D eigenvalue weighted by Gasteiger charge is 2.10. The van der Waals surface area contributed by atoms with E-state index in [1.807, 2.05) is 11.3 Å². The lowest BCUT2D eigenvalue weighted by Crippen LogP contribution is -2.21. The van der Waals surface area contributed by atoms with Gasteiger partial charge in [0, 0.05) is 32.2 Å². The maximum atomic E-state index is 8.29. The predicted octanol–water partition coefficient (Wildman–Crippen LogP) is 2.18. The van der Waals surface area contributed by atoms with Crippen molar-refractivity contribution in [2.45, 2.75) is 17.2 Å². The van der Waals surface area contributed by atoms with E-state index in [4.69, 9.17) is 4.89 Å². The average molecular weight is 281 g/mol. The molecule has 1 aromatic rings. The molecule has 4 nitrogen and oxygen atoms in total. The maximum absolute atomic E-state index is 8.29. The molecule has 1 aliphatic rings. The Morgan fingerprint density at radius 1 is 1.50 bits per heavy atom. The Balaban J connectivity index is 0.000000187. The Labute approximate surface area is 106 Å². The number of hydrogen-bond acceptors (Lipinski definition) is 6. The van der Waals surface area contributed by atoms with Crippen molar-refractivity contribution in [2.24, 2.45) is 0 Å². The molecule has 7 heteroatoms. The van der Waals surface area contributed by atoms with E-state index in [-0.39, 0.29) is 0 Å². The molecule has 0 spiro atoms. The van der Waals surface area contributed by atoms with Crippen LogP contribution in [-0.2, 0) is 22.0 Å². The summed E-state index contributed by atoms with van der Waals surface area (Å²) in [6.07, 6.45) is 1.18. The molecule has 2 heterocycles. The molecule has 0 atom stereocenters. The molecule has 0 unspecified atom stereocenters. The third-order valence-electron chi connectivity index (χ3n) is 2.04. The minimum absolute atomic E-state index is 1.03. The molecule has 1 aliphatic heterocycles. The lowest BCUT2D eigenvalue weighted by molar-refractivity contribution is 0.271. The Hall–Kier alpha value is 0.320. The van der Waals surface area contributed by atoms with Crippen LogP contribution in [0.1, 0.15) is 10.4 Å². The van der Waals surface area contributed by atoms with E-state index in [1.54, 1.807) is 0 Å². The highest BCUT2D eigenvalue weighted by atomic mass is 32.2. The van der Waals surface area contributed by atoms with Crippen molar-refractivity contribution in [3.8, 4) is 0 Å². The number of nitrogens with one attached hydrogen (secondary N) is 1. The first kappa shape index (κ1) is 14.4. The summed E-state index contributed by atoms with van der Waals surface area (Å²) in [7, 11) is 1.19. The molecule has 0 amide bonds. The van der Waals surface area contributed by atoms with Gasteiger partial charge in [0.25, 0.3) is 0 Å². The van der Waals surface area contributed by atoms with Crippen LogP contribution < -0.4 is 5.32 Å². The van der Waals surface area contributed by atoms with Gasteiger partial charge in [0.15, 0.2) is 0 Å². The van der Waals surface area contributed by atoms with Crippen LogP contribution in [0.3, 0.4) is 0 Å². The second-order valence-electron chi connectivity index (χ2n) is 3.06. The summed E-state index contributed by atoms with van der Waals surface area (Å²) in [5, 5.41) is 3.33. The van der Waals surface area contributed by atoms with Crippen LogP contribution in [0.5, 0.6) is 0 Å². The Kier molecular flexibility index (Phi) is 6.84. The Bertz CT molecular complexity index is 294. The summed E-state index contributed by atoms with van der Waals surface area (Å²) >= 11 is 6.12. The summed E-state index contributed by atoms with van der Waals surface area (Å²) in [4.78, 5) is 9.80. The topological polar surface area (TPSA) is 50.7 Å². The smallest absolute Gasteiger partial charge is 0.328 e. The Morgan fingerprint density at radius 3 is 2.69 bits per heavy atom. The van der Waals surface area contributed by atoms with E-state index < -0.39 is 8.60 Å². The number of fused-ring (bicyclic) bond motifs is 1. The molecule has 0 radical (unpaired) electrons. The van der Waals surface area contributed by atoms with Gasteiger partial charge < -0.3 is 19.3 Å². The SMILES string of the molecule is COP(O)OC.Sc1cc2c(s1)CCNC2. The number of thiophene rings is 1. The van der Waals surface area contributed by atoms with Crippen molar-refractivity contribution in [1.29, 1.82) is 0 Å². The van der Waals surface area contributed by atoms with Gasteiger partial charge >= 0.3 is 8.60 Å². The minimum Gasteiger partial charge on any atom is -0.328 e. The van der Waals surface area contributed by atoms with Gasteiger partial charge in [-0.15, -0.1) is 24.0 Å². The van der Waals surface area contributed by atoms with E-state index in [0.717, 1.165) is 17.3 Å². The zero-order valence-corrected chi connectivity index (χ0v) is 11.9. The van der Waals surface area contributed by atoms with E-state index >= 15 is 0 Å². The van der Waals surface area contributed by atoms with Crippen molar-refractivity contribution in [3.63, 3.8) is 0 Å². The van der Waals surface area contributed by atoms with Crippen LogP contribution in [0.25, 0.3) is 0 Å². The molecule has 16 heavy (non-hydrogen) atoms. The molecule has 0 bridgehead atoms. The summed E-state index contributed by atoms with van der Waals surface area (Å²) in [6.45, 7) is 2.16. The molecule has 0 aliphatic carbocycles. The van der Waals surface area contributed by atoms with Gasteiger partial charge in [0.1, 0.15) is 0 Å². The van der Waals surface area contributed by atoms with Gasteiger partial charge in [0.2, 0.25) is 0 Å². The van der Waals surface area contributed by atoms with Crippen molar-refractivity contribution >= 4 is 32.6 Å². The second-order valence-corrected chi connectivity index (χ2v) is 6.19. The third-order valence-corrected chi connectivity index (χ3v) is 4.11. The number of hydrogen-bond donors (Lipinski definition) is 3. The zero-order chi connectivity index (χ0) is 12.0. The Morgan fingerprint density at radius 2 is 2.19 bits per heavy atom. The van der Waals surface area contributed by atoms with Crippen LogP contribution in [0.2, 0.25) is 0 Å². The molecular weight excluding hydrogens is 265 g/mol. The van der Waals surface area contributed by atoms with E-state index in [2.05, 4.69) is 33.1 Å². The molecule has 92 valence electrons. The van der Waals surface area contributed by atoms with Gasteiger partial charge in [-0.1, -0.05) is 0 Å². The highest BCUT2D eigenvalue weighted by Crippen LogP contribution is 2.28. The monoisotopic (exact) mass is 281 g/mol. The van der Waals surface area contributed by atoms with Crippen molar-refractivity contribution in [1.82, 2.24) is 5.32 Å².